The van der Waals surface area contributed by atoms with Crippen LogP contribution in [0.4, 0.5) is 0 Å². The fourth-order valence-corrected chi connectivity index (χ4v) is 4.42. The third kappa shape index (κ3) is 3.43. The molecular weight excluding hydrogens is 368 g/mol. The van der Waals surface area contributed by atoms with E-state index in [2.05, 4.69) is 0 Å². The Bertz CT molecular complexity index is 986. The lowest BCUT2D eigenvalue weighted by Gasteiger charge is -2.37. The molecule has 0 atom stereocenters. The average molecular weight is 388 g/mol. The van der Waals surface area contributed by atoms with E-state index in [4.69, 9.17) is 4.74 Å². The summed E-state index contributed by atoms with van der Waals surface area (Å²) in [4.78, 5) is 14.1. The lowest BCUT2D eigenvalue weighted by atomic mass is 9.81. The summed E-state index contributed by atoms with van der Waals surface area (Å²) in [6, 6.07) is 27.0. The van der Waals surface area contributed by atoms with Crippen molar-refractivity contribution in [3.8, 4) is 0 Å². The molecule has 1 heterocycles. The van der Waals surface area contributed by atoms with Crippen molar-refractivity contribution < 1.29 is 14.6 Å². The van der Waals surface area contributed by atoms with E-state index in [-0.39, 0.29) is 17.1 Å². The van der Waals surface area contributed by atoms with Crippen LogP contribution in [0.25, 0.3) is 0 Å². The molecule has 4 heteroatoms. The first-order chi connectivity index (χ1) is 13.6. The normalized spacial score (nSPS) is 16.0. The Balaban J connectivity index is 1.77. The highest BCUT2D eigenvalue weighted by molar-refractivity contribution is 8.04. The van der Waals surface area contributed by atoms with Crippen LogP contribution >= 0.6 is 11.8 Å². The molecule has 0 spiro atoms. The van der Waals surface area contributed by atoms with Gasteiger partial charge in [-0.2, -0.15) is 0 Å². The molecule has 3 aromatic carbocycles. The Kier molecular flexibility index (Phi) is 4.97. The maximum absolute atomic E-state index is 13.0. The van der Waals surface area contributed by atoms with Gasteiger partial charge >= 0.3 is 5.97 Å². The van der Waals surface area contributed by atoms with E-state index in [1.807, 2.05) is 91.9 Å². The predicted molar refractivity (Wildman–Crippen MR) is 111 cm³/mol. The van der Waals surface area contributed by atoms with Gasteiger partial charge in [-0.05, 0) is 19.1 Å². The minimum Gasteiger partial charge on any atom is -0.511 e. The largest absolute Gasteiger partial charge is 0.511 e. The molecule has 1 aliphatic heterocycles. The van der Waals surface area contributed by atoms with Crippen molar-refractivity contribution in [1.29, 1.82) is 0 Å². The number of aliphatic hydroxyl groups is 1. The number of ether oxygens (including phenoxy) is 1. The third-order valence-corrected chi connectivity index (χ3v) is 5.92. The number of rotatable bonds is 4. The lowest BCUT2D eigenvalue weighted by molar-refractivity contribution is -0.154. The Morgan fingerprint density at radius 1 is 0.893 bits per heavy atom. The average Bonchev–Trinajstić information content (AvgIpc) is 2.72. The van der Waals surface area contributed by atoms with Gasteiger partial charge in [-0.15, -0.1) is 0 Å². The smallest absolute Gasteiger partial charge is 0.349 e. The monoisotopic (exact) mass is 388 g/mol. The minimum atomic E-state index is -1.04. The number of aliphatic hydroxyl groups excluding tert-OH is 1. The van der Waals surface area contributed by atoms with Crippen molar-refractivity contribution in [3.05, 3.63) is 112 Å². The summed E-state index contributed by atoms with van der Waals surface area (Å²) in [6.45, 7) is 1.99. The van der Waals surface area contributed by atoms with Crippen LogP contribution in [0, 0.1) is 6.92 Å². The summed E-state index contributed by atoms with van der Waals surface area (Å²) in [5.41, 5.74) is 1.72. The number of carbonyl (C=O) groups excluding carboxylic acids is 1. The zero-order chi connectivity index (χ0) is 19.6. The molecule has 28 heavy (non-hydrogen) atoms. The minimum absolute atomic E-state index is 0.0514. The van der Waals surface area contributed by atoms with Crippen molar-refractivity contribution in [2.24, 2.45) is 0 Å². The van der Waals surface area contributed by atoms with Crippen LogP contribution in [0.2, 0.25) is 0 Å². The number of thioether (sulfide) groups is 1. The Labute approximate surface area is 168 Å². The van der Waals surface area contributed by atoms with Crippen molar-refractivity contribution >= 4 is 17.7 Å². The first-order valence-corrected chi connectivity index (χ1v) is 9.91. The molecule has 140 valence electrons. The number of cyclic esters (lactones) is 1. The van der Waals surface area contributed by atoms with Crippen molar-refractivity contribution in [2.75, 3.05) is 0 Å². The number of carbonyl (C=O) groups is 1. The second-order valence-corrected chi connectivity index (χ2v) is 7.90. The molecule has 1 aliphatic rings. The number of esters is 1. The standard InChI is InChI=1S/C24H20O3S/c1-17-9-8-14-20(15-17)28-22-21(25)16-24(27-23(22)26,18-10-4-2-5-11-18)19-12-6-3-7-13-19/h2-15,25H,16H2,1H3. The Hall–Kier alpha value is -2.98. The molecule has 4 rings (SSSR count). The van der Waals surface area contributed by atoms with Gasteiger partial charge in [-0.25, -0.2) is 4.79 Å². The van der Waals surface area contributed by atoms with Gasteiger partial charge in [0.05, 0.1) is 6.42 Å². The van der Waals surface area contributed by atoms with Gasteiger partial charge < -0.3 is 9.84 Å². The van der Waals surface area contributed by atoms with Crippen LogP contribution < -0.4 is 0 Å². The highest BCUT2D eigenvalue weighted by Crippen LogP contribution is 2.46. The molecule has 3 aromatic rings. The maximum atomic E-state index is 13.0. The number of hydrogen-bond acceptors (Lipinski definition) is 4. The van der Waals surface area contributed by atoms with Gasteiger partial charge in [0, 0.05) is 16.0 Å². The lowest BCUT2D eigenvalue weighted by Crippen LogP contribution is -2.38. The summed E-state index contributed by atoms with van der Waals surface area (Å²) in [5.74, 6) is -0.460. The zero-order valence-electron chi connectivity index (χ0n) is 15.5. The predicted octanol–water partition coefficient (Wildman–Crippen LogP) is 5.75. The first-order valence-electron chi connectivity index (χ1n) is 9.09. The van der Waals surface area contributed by atoms with Crippen LogP contribution in [0.1, 0.15) is 23.1 Å². The molecule has 0 aromatic heterocycles. The molecule has 0 saturated heterocycles. The highest BCUT2D eigenvalue weighted by Gasteiger charge is 2.45. The van der Waals surface area contributed by atoms with Gasteiger partial charge in [-0.1, -0.05) is 90.1 Å². The van der Waals surface area contributed by atoms with Crippen LogP contribution in [0.15, 0.2) is 100 Å². The SMILES string of the molecule is Cc1cccc(SC2=C(O)CC(c3ccccc3)(c3ccccc3)OC2=O)c1. The summed E-state index contributed by atoms with van der Waals surface area (Å²) >= 11 is 1.24. The molecule has 0 saturated carbocycles. The first kappa shape index (κ1) is 18.4. The van der Waals surface area contributed by atoms with Gasteiger partial charge in [-0.3, -0.25) is 0 Å². The van der Waals surface area contributed by atoms with Gasteiger partial charge in [0.2, 0.25) is 0 Å². The molecule has 0 unspecified atom stereocenters. The van der Waals surface area contributed by atoms with E-state index in [1.54, 1.807) is 0 Å². The van der Waals surface area contributed by atoms with Crippen molar-refractivity contribution in [2.45, 2.75) is 23.8 Å². The second-order valence-electron chi connectivity index (χ2n) is 6.82. The van der Waals surface area contributed by atoms with E-state index < -0.39 is 11.6 Å². The van der Waals surface area contributed by atoms with E-state index in [0.717, 1.165) is 21.6 Å². The van der Waals surface area contributed by atoms with Crippen molar-refractivity contribution in [3.63, 3.8) is 0 Å². The number of hydrogen-bond donors (Lipinski definition) is 1. The fourth-order valence-electron chi connectivity index (χ4n) is 3.48. The Morgan fingerprint density at radius 2 is 1.50 bits per heavy atom. The molecule has 0 radical (unpaired) electrons. The summed E-state index contributed by atoms with van der Waals surface area (Å²) in [7, 11) is 0. The van der Waals surface area contributed by atoms with Crippen LogP contribution in [0.5, 0.6) is 0 Å². The molecule has 1 N–H and O–H groups in total. The molecule has 0 fully saturated rings. The maximum Gasteiger partial charge on any atom is 0.349 e. The Morgan fingerprint density at radius 3 is 2.04 bits per heavy atom. The highest BCUT2D eigenvalue weighted by atomic mass is 32.2. The van der Waals surface area contributed by atoms with Gasteiger partial charge in [0.15, 0.2) is 5.60 Å². The van der Waals surface area contributed by atoms with E-state index >= 15 is 0 Å². The quantitative estimate of drug-likeness (QED) is 0.578. The fraction of sp³-hybridized carbons (Fsp3) is 0.125. The van der Waals surface area contributed by atoms with Crippen LogP contribution in [-0.2, 0) is 15.1 Å². The van der Waals surface area contributed by atoms with Gasteiger partial charge in [0.25, 0.3) is 0 Å². The van der Waals surface area contributed by atoms with Crippen LogP contribution in [0.3, 0.4) is 0 Å². The topological polar surface area (TPSA) is 46.5 Å². The third-order valence-electron chi connectivity index (χ3n) is 4.82. The van der Waals surface area contributed by atoms with Crippen LogP contribution in [-0.4, -0.2) is 11.1 Å². The summed E-state index contributed by atoms with van der Waals surface area (Å²) in [5, 5.41) is 10.9. The molecule has 0 bridgehead atoms. The van der Waals surface area contributed by atoms with Crippen molar-refractivity contribution in [1.82, 2.24) is 0 Å². The molecule has 0 amide bonds. The molecular formula is C24H20O3S. The second kappa shape index (κ2) is 7.56. The summed E-state index contributed by atoms with van der Waals surface area (Å²) < 4.78 is 6.05. The zero-order valence-corrected chi connectivity index (χ0v) is 16.3. The molecule has 0 aliphatic carbocycles. The van der Waals surface area contributed by atoms with E-state index in [0.29, 0.717) is 0 Å². The van der Waals surface area contributed by atoms with E-state index in [1.165, 1.54) is 11.8 Å². The summed E-state index contributed by atoms with van der Waals surface area (Å²) in [6.07, 6.45) is 0.195. The van der Waals surface area contributed by atoms with Gasteiger partial charge in [0.1, 0.15) is 10.7 Å². The molecule has 3 nitrogen and oxygen atoms in total. The van der Waals surface area contributed by atoms with E-state index in [9.17, 15) is 9.90 Å². The number of aryl methyl sites for hydroxylation is 1. The number of benzene rings is 3.